The number of aliphatic hydroxyl groups excluding tert-OH is 1. The molecule has 0 amide bonds. The minimum atomic E-state index is -2.82. The number of nitrogens with zero attached hydrogens (tertiary/aromatic N) is 1. The van der Waals surface area contributed by atoms with Gasteiger partial charge in [0.1, 0.15) is 0 Å². The van der Waals surface area contributed by atoms with E-state index in [1.54, 1.807) is 11.3 Å². The van der Waals surface area contributed by atoms with Crippen LogP contribution in [0.3, 0.4) is 0 Å². The second kappa shape index (κ2) is 6.53. The maximum Gasteiger partial charge on any atom is 0.152 e. The number of sulfone groups is 1. The molecule has 0 aromatic carbocycles. The second-order valence-electron chi connectivity index (χ2n) is 4.46. The first-order valence-electron chi connectivity index (χ1n) is 6.19. The Morgan fingerprint density at radius 1 is 1.37 bits per heavy atom. The molecule has 1 aromatic heterocycles. The lowest BCUT2D eigenvalue weighted by atomic mass is 10.2. The lowest BCUT2D eigenvalue weighted by Gasteiger charge is -2.26. The highest BCUT2D eigenvalue weighted by molar-refractivity contribution is 7.91. The maximum absolute atomic E-state index is 11.4. The monoisotopic (exact) mass is 299 g/mol. The molecular formula is C13H17NO3S2. The van der Waals surface area contributed by atoms with Crippen molar-refractivity contribution in [2.75, 3.05) is 31.2 Å². The van der Waals surface area contributed by atoms with Crippen molar-refractivity contribution in [2.45, 2.75) is 13.0 Å². The SMILES string of the molecule is O=S1(=O)CCN(Cc2sccc2C#CCCO)CC1. The van der Waals surface area contributed by atoms with E-state index in [0.717, 1.165) is 12.1 Å². The Morgan fingerprint density at radius 3 is 2.79 bits per heavy atom. The molecule has 4 nitrogen and oxygen atoms in total. The van der Waals surface area contributed by atoms with E-state index in [4.69, 9.17) is 5.11 Å². The van der Waals surface area contributed by atoms with Crippen molar-refractivity contribution in [3.63, 3.8) is 0 Å². The van der Waals surface area contributed by atoms with Gasteiger partial charge in [-0.2, -0.15) is 0 Å². The van der Waals surface area contributed by atoms with E-state index >= 15 is 0 Å². The number of aliphatic hydroxyl groups is 1. The van der Waals surface area contributed by atoms with Gasteiger partial charge in [0.25, 0.3) is 0 Å². The van der Waals surface area contributed by atoms with Crippen molar-refractivity contribution in [3.8, 4) is 11.8 Å². The summed E-state index contributed by atoms with van der Waals surface area (Å²) < 4.78 is 22.7. The minimum absolute atomic E-state index is 0.0798. The molecule has 0 bridgehead atoms. The van der Waals surface area contributed by atoms with Gasteiger partial charge in [-0.15, -0.1) is 11.3 Å². The largest absolute Gasteiger partial charge is 0.395 e. The predicted molar refractivity (Wildman–Crippen MR) is 76.8 cm³/mol. The fourth-order valence-electron chi connectivity index (χ4n) is 1.90. The lowest BCUT2D eigenvalue weighted by molar-refractivity contribution is 0.290. The molecular weight excluding hydrogens is 282 g/mol. The number of rotatable bonds is 3. The molecule has 0 spiro atoms. The zero-order valence-corrected chi connectivity index (χ0v) is 12.3. The van der Waals surface area contributed by atoms with E-state index in [0.29, 0.717) is 19.5 Å². The Hall–Kier alpha value is -0.870. The smallest absolute Gasteiger partial charge is 0.152 e. The first-order valence-corrected chi connectivity index (χ1v) is 8.90. The summed E-state index contributed by atoms with van der Waals surface area (Å²) >= 11 is 1.65. The van der Waals surface area contributed by atoms with Crippen LogP contribution >= 0.6 is 11.3 Å². The third kappa shape index (κ3) is 4.32. The molecule has 1 fully saturated rings. The average molecular weight is 299 g/mol. The second-order valence-corrected chi connectivity index (χ2v) is 7.77. The highest BCUT2D eigenvalue weighted by Crippen LogP contribution is 2.19. The Bertz CT molecular complexity index is 567. The summed E-state index contributed by atoms with van der Waals surface area (Å²) in [6, 6.07) is 1.98. The molecule has 1 aliphatic heterocycles. The van der Waals surface area contributed by atoms with Crippen LogP contribution in [0.4, 0.5) is 0 Å². The first-order chi connectivity index (χ1) is 9.11. The zero-order valence-electron chi connectivity index (χ0n) is 10.6. The normalized spacial score (nSPS) is 18.8. The molecule has 0 unspecified atom stereocenters. The van der Waals surface area contributed by atoms with Gasteiger partial charge < -0.3 is 5.11 Å². The number of hydrogen-bond acceptors (Lipinski definition) is 5. The van der Waals surface area contributed by atoms with Crippen LogP contribution in [0.25, 0.3) is 0 Å². The van der Waals surface area contributed by atoms with Gasteiger partial charge in [0.05, 0.1) is 18.1 Å². The van der Waals surface area contributed by atoms with Crippen molar-refractivity contribution in [2.24, 2.45) is 0 Å². The molecule has 19 heavy (non-hydrogen) atoms. The Balaban J connectivity index is 1.97. The third-order valence-electron chi connectivity index (χ3n) is 3.01. The summed E-state index contributed by atoms with van der Waals surface area (Å²) in [5, 5.41) is 10.7. The van der Waals surface area contributed by atoms with Crippen LogP contribution < -0.4 is 0 Å². The average Bonchev–Trinajstić information content (AvgIpc) is 2.80. The zero-order chi connectivity index (χ0) is 13.7. The van der Waals surface area contributed by atoms with Gasteiger partial charge in [-0.3, -0.25) is 4.90 Å². The van der Waals surface area contributed by atoms with Gasteiger partial charge in [0, 0.05) is 36.5 Å². The van der Waals surface area contributed by atoms with E-state index in [1.165, 1.54) is 4.88 Å². The standard InChI is InChI=1S/C13H17NO3S2/c15-7-2-1-3-12-4-8-18-13(12)11-14-5-9-19(16,17)10-6-14/h4,8,15H,2,5-7,9-11H2. The molecule has 2 rings (SSSR count). The van der Waals surface area contributed by atoms with Gasteiger partial charge in [-0.1, -0.05) is 11.8 Å². The van der Waals surface area contributed by atoms with Crippen molar-refractivity contribution in [3.05, 3.63) is 21.9 Å². The molecule has 0 atom stereocenters. The molecule has 1 aliphatic rings. The fraction of sp³-hybridized carbons (Fsp3) is 0.538. The van der Waals surface area contributed by atoms with Crippen molar-refractivity contribution in [1.29, 1.82) is 0 Å². The molecule has 104 valence electrons. The molecule has 6 heteroatoms. The van der Waals surface area contributed by atoms with E-state index in [-0.39, 0.29) is 18.1 Å². The summed E-state index contributed by atoms with van der Waals surface area (Å²) in [5.74, 6) is 6.48. The Kier molecular flexibility index (Phi) is 4.99. The molecule has 1 saturated heterocycles. The van der Waals surface area contributed by atoms with E-state index in [9.17, 15) is 8.42 Å². The van der Waals surface area contributed by atoms with Crippen LogP contribution in [0.15, 0.2) is 11.4 Å². The molecule has 1 aromatic rings. The quantitative estimate of drug-likeness (QED) is 0.835. The fourth-order valence-corrected chi connectivity index (χ4v) is 4.05. The third-order valence-corrected chi connectivity index (χ3v) is 5.52. The van der Waals surface area contributed by atoms with Crippen molar-refractivity contribution >= 4 is 21.2 Å². The van der Waals surface area contributed by atoms with E-state index in [1.807, 2.05) is 11.4 Å². The Labute approximate surface area is 118 Å². The first kappa shape index (κ1) is 14.5. The number of thiophene rings is 1. The lowest BCUT2D eigenvalue weighted by Crippen LogP contribution is -2.39. The summed E-state index contributed by atoms with van der Waals surface area (Å²) in [6.07, 6.45) is 0.483. The maximum atomic E-state index is 11.4. The molecule has 0 aliphatic carbocycles. The van der Waals surface area contributed by atoms with E-state index in [2.05, 4.69) is 16.7 Å². The number of hydrogen-bond donors (Lipinski definition) is 1. The van der Waals surface area contributed by atoms with Crippen LogP contribution in [0.2, 0.25) is 0 Å². The van der Waals surface area contributed by atoms with Gasteiger partial charge in [-0.05, 0) is 11.4 Å². The van der Waals surface area contributed by atoms with E-state index < -0.39 is 9.84 Å². The predicted octanol–water partition coefficient (Wildman–Crippen LogP) is 0.712. The van der Waals surface area contributed by atoms with Gasteiger partial charge in [-0.25, -0.2) is 8.42 Å². The van der Waals surface area contributed by atoms with Crippen molar-refractivity contribution in [1.82, 2.24) is 4.90 Å². The minimum Gasteiger partial charge on any atom is -0.395 e. The summed E-state index contributed by atoms with van der Waals surface area (Å²) in [4.78, 5) is 3.33. The van der Waals surface area contributed by atoms with Crippen LogP contribution in [-0.2, 0) is 16.4 Å². The van der Waals surface area contributed by atoms with Crippen LogP contribution in [0, 0.1) is 11.8 Å². The highest BCUT2D eigenvalue weighted by atomic mass is 32.2. The topological polar surface area (TPSA) is 57.6 Å². The van der Waals surface area contributed by atoms with Gasteiger partial charge in [0.2, 0.25) is 0 Å². The highest BCUT2D eigenvalue weighted by Gasteiger charge is 2.22. The summed E-state index contributed by atoms with van der Waals surface area (Å²) in [7, 11) is -2.82. The van der Waals surface area contributed by atoms with Crippen LogP contribution in [0.1, 0.15) is 16.9 Å². The molecule has 0 radical (unpaired) electrons. The molecule has 2 heterocycles. The van der Waals surface area contributed by atoms with Crippen molar-refractivity contribution < 1.29 is 13.5 Å². The Morgan fingerprint density at radius 2 is 2.11 bits per heavy atom. The van der Waals surface area contributed by atoms with Gasteiger partial charge >= 0.3 is 0 Å². The summed E-state index contributed by atoms with van der Waals surface area (Å²) in [6.45, 7) is 2.04. The molecule has 1 N–H and O–H groups in total. The molecule has 0 saturated carbocycles. The summed E-state index contributed by atoms with van der Waals surface area (Å²) in [5.41, 5.74) is 0.992. The van der Waals surface area contributed by atoms with Crippen LogP contribution in [0.5, 0.6) is 0 Å². The van der Waals surface area contributed by atoms with Crippen LogP contribution in [-0.4, -0.2) is 49.6 Å². The van der Waals surface area contributed by atoms with Gasteiger partial charge in [0.15, 0.2) is 9.84 Å².